The Morgan fingerprint density at radius 1 is 1.31 bits per heavy atom. The van der Waals surface area contributed by atoms with Crippen molar-refractivity contribution < 1.29 is 14.0 Å². The highest BCUT2D eigenvalue weighted by molar-refractivity contribution is 5.78. The average molecular weight is 219 g/mol. The summed E-state index contributed by atoms with van der Waals surface area (Å²) in [7, 11) is 0. The Hall–Kier alpha value is -2.30. The number of amides is 1. The highest BCUT2D eigenvalue weighted by atomic mass is 16.7. The van der Waals surface area contributed by atoms with E-state index in [4.69, 9.17) is 9.25 Å². The predicted octanol–water partition coefficient (Wildman–Crippen LogP) is 1.22. The maximum atomic E-state index is 11.0. The number of hydrogen-bond donors (Lipinski definition) is 1. The quantitative estimate of drug-likeness (QED) is 0.609. The van der Waals surface area contributed by atoms with Gasteiger partial charge in [-0.15, -0.1) is 0 Å². The fourth-order valence-electron chi connectivity index (χ4n) is 1.24. The van der Waals surface area contributed by atoms with Crippen LogP contribution in [0.2, 0.25) is 0 Å². The van der Waals surface area contributed by atoms with Crippen molar-refractivity contribution >= 4 is 16.9 Å². The van der Waals surface area contributed by atoms with Gasteiger partial charge in [-0.05, 0) is 18.2 Å². The van der Waals surface area contributed by atoms with Gasteiger partial charge in [-0.25, -0.2) is 4.79 Å². The first kappa shape index (κ1) is 10.2. The zero-order chi connectivity index (χ0) is 11.5. The van der Waals surface area contributed by atoms with E-state index in [0.717, 1.165) is 5.39 Å². The van der Waals surface area contributed by atoms with Gasteiger partial charge in [-0.1, -0.05) is 0 Å². The van der Waals surface area contributed by atoms with Crippen LogP contribution in [0.15, 0.2) is 39.5 Å². The van der Waals surface area contributed by atoms with Gasteiger partial charge in [0.25, 0.3) is 0 Å². The third kappa shape index (κ3) is 2.20. The Kier molecular flexibility index (Phi) is 2.59. The fourth-order valence-corrected chi connectivity index (χ4v) is 1.24. The second-order valence-corrected chi connectivity index (χ2v) is 3.21. The molecule has 1 amide bonds. The summed E-state index contributed by atoms with van der Waals surface area (Å²) >= 11 is 0. The van der Waals surface area contributed by atoms with E-state index >= 15 is 0 Å². The van der Waals surface area contributed by atoms with Crippen molar-refractivity contribution in [2.24, 2.45) is 0 Å². The lowest BCUT2D eigenvalue weighted by atomic mass is 10.2. The highest BCUT2D eigenvalue weighted by Gasteiger charge is 2.01. The molecule has 5 nitrogen and oxygen atoms in total. The van der Waals surface area contributed by atoms with Gasteiger partial charge in [0.15, 0.2) is 5.75 Å². The minimum absolute atomic E-state index is 0.311. The minimum atomic E-state index is -0.427. The van der Waals surface area contributed by atoms with E-state index < -0.39 is 5.63 Å². The molecule has 2 rings (SSSR count). The van der Waals surface area contributed by atoms with E-state index in [2.05, 4.69) is 5.48 Å². The molecule has 0 saturated heterocycles. The standard InChI is InChI=1S/C11H9NO4/c1-7(13)12-16-9-4-2-8-3-5-11(14)15-10(8)6-9/h2-6H,1H3,(H,12,13). The molecule has 0 spiro atoms. The predicted molar refractivity (Wildman–Crippen MR) is 56.9 cm³/mol. The van der Waals surface area contributed by atoms with Crippen molar-refractivity contribution in [1.29, 1.82) is 0 Å². The smallest absolute Gasteiger partial charge is 0.336 e. The molecule has 0 unspecified atom stereocenters. The molecule has 0 bridgehead atoms. The maximum Gasteiger partial charge on any atom is 0.336 e. The summed E-state index contributed by atoms with van der Waals surface area (Å²) in [6.45, 7) is 1.33. The van der Waals surface area contributed by atoms with Gasteiger partial charge in [-0.3, -0.25) is 4.79 Å². The molecule has 0 fully saturated rings. The summed E-state index contributed by atoms with van der Waals surface area (Å²) in [6.07, 6.45) is 0. The number of nitrogens with one attached hydrogen (secondary N) is 1. The summed E-state index contributed by atoms with van der Waals surface area (Å²) in [4.78, 5) is 26.6. The van der Waals surface area contributed by atoms with E-state index in [-0.39, 0.29) is 5.91 Å². The lowest BCUT2D eigenvalue weighted by Gasteiger charge is -2.04. The van der Waals surface area contributed by atoms with Crippen molar-refractivity contribution in [3.63, 3.8) is 0 Å². The third-order valence-corrected chi connectivity index (χ3v) is 1.91. The largest absolute Gasteiger partial charge is 0.423 e. The van der Waals surface area contributed by atoms with Crippen LogP contribution in [0.1, 0.15) is 6.92 Å². The molecule has 0 aliphatic heterocycles. The molecule has 1 aromatic heterocycles. The maximum absolute atomic E-state index is 11.0. The molecular formula is C11H9NO4. The van der Waals surface area contributed by atoms with Gasteiger partial charge >= 0.3 is 5.63 Å². The number of rotatable bonds is 2. The molecule has 0 aliphatic carbocycles. The fraction of sp³-hybridized carbons (Fsp3) is 0.0909. The Balaban J connectivity index is 2.35. The van der Waals surface area contributed by atoms with Crippen LogP contribution in [-0.2, 0) is 4.79 Å². The van der Waals surface area contributed by atoms with Crippen LogP contribution in [0.5, 0.6) is 5.75 Å². The Bertz CT molecular complexity index is 588. The monoisotopic (exact) mass is 219 g/mol. The molecule has 2 aromatic rings. The van der Waals surface area contributed by atoms with Crippen molar-refractivity contribution in [2.45, 2.75) is 6.92 Å². The molecule has 0 radical (unpaired) electrons. The number of fused-ring (bicyclic) bond motifs is 1. The molecule has 82 valence electrons. The van der Waals surface area contributed by atoms with Crippen molar-refractivity contribution in [3.8, 4) is 5.75 Å². The van der Waals surface area contributed by atoms with Crippen LogP contribution in [0.3, 0.4) is 0 Å². The molecule has 16 heavy (non-hydrogen) atoms. The van der Waals surface area contributed by atoms with E-state index in [1.54, 1.807) is 18.2 Å². The minimum Gasteiger partial charge on any atom is -0.423 e. The summed E-state index contributed by atoms with van der Waals surface area (Å²) < 4.78 is 4.96. The molecule has 1 N–H and O–H groups in total. The number of hydroxylamine groups is 1. The molecule has 1 aromatic carbocycles. The zero-order valence-electron chi connectivity index (χ0n) is 8.52. The first-order valence-corrected chi connectivity index (χ1v) is 4.62. The summed E-state index contributed by atoms with van der Waals surface area (Å²) in [5.74, 6) is 0.0895. The van der Waals surface area contributed by atoms with Crippen LogP contribution in [-0.4, -0.2) is 5.91 Å². The Labute approximate surface area is 90.6 Å². The van der Waals surface area contributed by atoms with Gasteiger partial charge in [0.05, 0.1) is 0 Å². The molecule has 5 heteroatoms. The third-order valence-electron chi connectivity index (χ3n) is 1.91. The van der Waals surface area contributed by atoms with Crippen LogP contribution in [0.4, 0.5) is 0 Å². The van der Waals surface area contributed by atoms with Gasteiger partial charge in [0, 0.05) is 24.4 Å². The van der Waals surface area contributed by atoms with E-state index in [9.17, 15) is 9.59 Å². The number of carbonyl (C=O) groups excluding carboxylic acids is 1. The van der Waals surface area contributed by atoms with E-state index in [1.807, 2.05) is 0 Å². The van der Waals surface area contributed by atoms with Crippen LogP contribution in [0, 0.1) is 0 Å². The van der Waals surface area contributed by atoms with Crippen molar-refractivity contribution in [2.75, 3.05) is 0 Å². The normalized spacial score (nSPS) is 10.1. The summed E-state index contributed by atoms with van der Waals surface area (Å²) in [6, 6.07) is 7.93. The van der Waals surface area contributed by atoms with Gasteiger partial charge < -0.3 is 9.25 Å². The van der Waals surface area contributed by atoms with Gasteiger partial charge in [0.1, 0.15) is 5.58 Å². The molecule has 0 saturated carbocycles. The second-order valence-electron chi connectivity index (χ2n) is 3.21. The van der Waals surface area contributed by atoms with E-state index in [1.165, 1.54) is 19.1 Å². The molecular weight excluding hydrogens is 210 g/mol. The van der Waals surface area contributed by atoms with Crippen LogP contribution >= 0.6 is 0 Å². The lowest BCUT2D eigenvalue weighted by Crippen LogP contribution is -2.23. The molecule has 0 aliphatic rings. The zero-order valence-corrected chi connectivity index (χ0v) is 8.52. The number of benzene rings is 1. The highest BCUT2D eigenvalue weighted by Crippen LogP contribution is 2.18. The second kappa shape index (κ2) is 4.06. The van der Waals surface area contributed by atoms with Crippen molar-refractivity contribution in [3.05, 3.63) is 40.8 Å². The summed E-state index contributed by atoms with van der Waals surface area (Å²) in [5, 5.41) is 0.787. The Morgan fingerprint density at radius 2 is 2.06 bits per heavy atom. The number of hydrogen-bond acceptors (Lipinski definition) is 4. The number of carbonyl (C=O) groups is 1. The molecule has 0 atom stereocenters. The van der Waals surface area contributed by atoms with Crippen LogP contribution < -0.4 is 15.9 Å². The lowest BCUT2D eigenvalue weighted by molar-refractivity contribution is -0.125. The van der Waals surface area contributed by atoms with Gasteiger partial charge in [-0.2, -0.15) is 5.48 Å². The van der Waals surface area contributed by atoms with Gasteiger partial charge in [0.2, 0.25) is 5.91 Å². The van der Waals surface area contributed by atoms with E-state index in [0.29, 0.717) is 11.3 Å². The topological polar surface area (TPSA) is 68.5 Å². The van der Waals surface area contributed by atoms with Crippen LogP contribution in [0.25, 0.3) is 11.0 Å². The van der Waals surface area contributed by atoms with Crippen molar-refractivity contribution in [1.82, 2.24) is 5.48 Å². The first-order valence-electron chi connectivity index (χ1n) is 4.62. The Morgan fingerprint density at radius 3 is 2.81 bits per heavy atom. The SMILES string of the molecule is CC(=O)NOc1ccc2ccc(=O)oc2c1. The summed E-state index contributed by atoms with van der Waals surface area (Å²) in [5.41, 5.74) is 2.17. The molecule has 1 heterocycles. The average Bonchev–Trinajstić information content (AvgIpc) is 2.25. The first-order chi connectivity index (χ1) is 7.65.